The van der Waals surface area contributed by atoms with E-state index in [1.54, 1.807) is 6.92 Å². The molecule has 0 unspecified atom stereocenters. The molecule has 0 amide bonds. The molecule has 12 heteroatoms. The number of alkyl halides is 3. The molecule has 3 aromatic rings. The van der Waals surface area contributed by atoms with Gasteiger partial charge in [0.1, 0.15) is 11.3 Å². The minimum absolute atomic E-state index is 0.261. The van der Waals surface area contributed by atoms with E-state index in [4.69, 9.17) is 19.4 Å². The topological polar surface area (TPSA) is 134 Å². The molecule has 0 aliphatic heterocycles. The molecule has 0 saturated carbocycles. The summed E-state index contributed by atoms with van der Waals surface area (Å²) in [7, 11) is 0. The lowest BCUT2D eigenvalue weighted by Gasteiger charge is -2.19. The van der Waals surface area contributed by atoms with E-state index in [0.717, 1.165) is 16.6 Å². The highest BCUT2D eigenvalue weighted by Gasteiger charge is 2.38. The summed E-state index contributed by atoms with van der Waals surface area (Å²) in [4.78, 5) is 40.8. The van der Waals surface area contributed by atoms with Gasteiger partial charge in [0.2, 0.25) is 0 Å². The monoisotopic (exact) mass is 539 g/mol. The number of carboxylic acid groups (broad SMARTS) is 1. The first-order chi connectivity index (χ1) is 17.7. The second kappa shape index (κ2) is 12.6. The highest BCUT2D eigenvalue weighted by molar-refractivity contribution is 5.99. The van der Waals surface area contributed by atoms with Gasteiger partial charge < -0.3 is 29.9 Å². The maximum absolute atomic E-state index is 12.7. The highest BCUT2D eigenvalue weighted by atomic mass is 19.4. The normalized spacial score (nSPS) is 11.6. The number of ether oxygens (including phenoxy) is 2. The van der Waals surface area contributed by atoms with Gasteiger partial charge in [0.05, 0.1) is 12.2 Å². The maximum atomic E-state index is 12.7. The Morgan fingerprint density at radius 2 is 1.63 bits per heavy atom. The number of nitrogens with one attached hydrogen (secondary N) is 3. The van der Waals surface area contributed by atoms with Crippen LogP contribution in [0.3, 0.4) is 0 Å². The Balaban J connectivity index is 0.000000638. The van der Waals surface area contributed by atoms with E-state index >= 15 is 0 Å². The van der Waals surface area contributed by atoms with Gasteiger partial charge >= 0.3 is 24.1 Å². The van der Waals surface area contributed by atoms with Crippen LogP contribution in [0.25, 0.3) is 10.9 Å². The summed E-state index contributed by atoms with van der Waals surface area (Å²) in [5.74, 6) is -3.67. The van der Waals surface area contributed by atoms with E-state index < -0.39 is 29.7 Å². The zero-order chi connectivity index (χ0) is 28.7. The van der Waals surface area contributed by atoms with Crippen LogP contribution in [0.1, 0.15) is 72.4 Å². The van der Waals surface area contributed by atoms with Gasteiger partial charge in [-0.25, -0.2) is 14.4 Å². The standard InChI is InChI=1S/C24H31N3O4.C2HF3O2/c1-6-17-20(22(28)30-7-2)19(27-21(17)23(29)31-24(3,4)5)14-25-13-16-12-15-10-8-9-11-18(15)26-16;3-2(4,5)1(6)7/h8-12,25-27H,6-7,13-14H2,1-5H3;(H,6,7). The fourth-order valence-corrected chi connectivity index (χ4v) is 3.59. The third-order valence-electron chi connectivity index (χ3n) is 5.06. The summed E-state index contributed by atoms with van der Waals surface area (Å²) < 4.78 is 42.5. The molecule has 2 aromatic heterocycles. The van der Waals surface area contributed by atoms with Crippen molar-refractivity contribution >= 4 is 28.8 Å². The Hall–Kier alpha value is -3.80. The van der Waals surface area contributed by atoms with Crippen molar-refractivity contribution < 1.29 is 42.1 Å². The number of carbonyl (C=O) groups excluding carboxylic acids is 2. The number of rotatable bonds is 8. The summed E-state index contributed by atoms with van der Waals surface area (Å²) in [5, 5.41) is 11.6. The van der Waals surface area contributed by atoms with E-state index in [-0.39, 0.29) is 6.61 Å². The molecule has 0 radical (unpaired) electrons. The second-order valence-corrected chi connectivity index (χ2v) is 9.20. The maximum Gasteiger partial charge on any atom is 0.490 e. The molecule has 0 atom stereocenters. The molecule has 38 heavy (non-hydrogen) atoms. The number of benzene rings is 1. The first kappa shape index (κ1) is 30.4. The summed E-state index contributed by atoms with van der Waals surface area (Å²) in [6.45, 7) is 10.3. The zero-order valence-electron chi connectivity index (χ0n) is 21.8. The Morgan fingerprint density at radius 1 is 1.00 bits per heavy atom. The smallest absolute Gasteiger partial charge is 0.475 e. The first-order valence-electron chi connectivity index (χ1n) is 11.9. The van der Waals surface area contributed by atoms with E-state index in [0.29, 0.717) is 42.0 Å². The van der Waals surface area contributed by atoms with Gasteiger partial charge in [0.25, 0.3) is 0 Å². The van der Waals surface area contributed by atoms with Gasteiger partial charge in [-0.2, -0.15) is 13.2 Å². The van der Waals surface area contributed by atoms with Crippen molar-refractivity contribution in [2.24, 2.45) is 0 Å². The fraction of sp³-hybridized carbons (Fsp3) is 0.423. The number of aromatic nitrogens is 2. The molecule has 0 fully saturated rings. The Bertz CT molecular complexity index is 1240. The van der Waals surface area contributed by atoms with Gasteiger partial charge in [-0.15, -0.1) is 0 Å². The summed E-state index contributed by atoms with van der Waals surface area (Å²) in [5.41, 5.74) is 3.44. The Kier molecular flexibility index (Phi) is 10.1. The van der Waals surface area contributed by atoms with Crippen LogP contribution >= 0.6 is 0 Å². The molecule has 4 N–H and O–H groups in total. The number of aliphatic carboxylic acids is 1. The van der Waals surface area contributed by atoms with Crippen molar-refractivity contribution in [2.75, 3.05) is 6.61 Å². The number of hydrogen-bond acceptors (Lipinski definition) is 6. The largest absolute Gasteiger partial charge is 0.490 e. The minimum atomic E-state index is -5.08. The average molecular weight is 540 g/mol. The number of fused-ring (bicyclic) bond motifs is 1. The Labute approximate surface area is 217 Å². The molecule has 0 spiro atoms. The highest BCUT2D eigenvalue weighted by Crippen LogP contribution is 2.24. The predicted molar refractivity (Wildman–Crippen MR) is 134 cm³/mol. The predicted octanol–water partition coefficient (Wildman–Crippen LogP) is 5.11. The minimum Gasteiger partial charge on any atom is -0.475 e. The molecule has 208 valence electrons. The van der Waals surface area contributed by atoms with Crippen LogP contribution in [-0.4, -0.2) is 51.4 Å². The van der Waals surface area contributed by atoms with E-state index in [1.165, 1.54) is 0 Å². The first-order valence-corrected chi connectivity index (χ1v) is 11.9. The number of aromatic amines is 2. The van der Waals surface area contributed by atoms with Gasteiger partial charge in [-0.3, -0.25) is 0 Å². The zero-order valence-corrected chi connectivity index (χ0v) is 21.8. The summed E-state index contributed by atoms with van der Waals surface area (Å²) in [6.07, 6.45) is -4.58. The van der Waals surface area contributed by atoms with Crippen LogP contribution in [0, 0.1) is 0 Å². The van der Waals surface area contributed by atoms with Crippen LogP contribution in [0.15, 0.2) is 30.3 Å². The fourth-order valence-electron chi connectivity index (χ4n) is 3.59. The molecule has 0 aliphatic rings. The number of esters is 2. The van der Waals surface area contributed by atoms with Crippen LogP contribution in [0.5, 0.6) is 0 Å². The number of H-pyrrole nitrogens is 2. The van der Waals surface area contributed by atoms with Crippen LogP contribution in [-0.2, 0) is 33.8 Å². The third kappa shape index (κ3) is 8.37. The molecule has 0 saturated heterocycles. The van der Waals surface area contributed by atoms with Crippen molar-refractivity contribution in [1.82, 2.24) is 15.3 Å². The van der Waals surface area contributed by atoms with Gasteiger partial charge in [0, 0.05) is 30.0 Å². The summed E-state index contributed by atoms with van der Waals surface area (Å²) >= 11 is 0. The third-order valence-corrected chi connectivity index (χ3v) is 5.06. The quantitative estimate of drug-likeness (QED) is 0.292. The van der Waals surface area contributed by atoms with Gasteiger partial charge in [-0.05, 0) is 57.2 Å². The number of para-hydroxylation sites is 1. The average Bonchev–Trinajstić information content (AvgIpc) is 3.38. The molecular weight excluding hydrogens is 507 g/mol. The van der Waals surface area contributed by atoms with Crippen LogP contribution in [0.2, 0.25) is 0 Å². The van der Waals surface area contributed by atoms with Gasteiger partial charge in [-0.1, -0.05) is 25.1 Å². The lowest BCUT2D eigenvalue weighted by atomic mass is 10.1. The lowest BCUT2D eigenvalue weighted by Crippen LogP contribution is -2.24. The van der Waals surface area contributed by atoms with E-state index in [1.807, 2.05) is 45.9 Å². The van der Waals surface area contributed by atoms with Crippen molar-refractivity contribution in [3.63, 3.8) is 0 Å². The lowest BCUT2D eigenvalue weighted by molar-refractivity contribution is -0.192. The molecule has 0 aliphatic carbocycles. The molecule has 2 heterocycles. The van der Waals surface area contributed by atoms with E-state index in [2.05, 4.69) is 27.4 Å². The van der Waals surface area contributed by atoms with Crippen molar-refractivity contribution in [2.45, 2.75) is 65.9 Å². The number of carbonyl (C=O) groups is 3. The second-order valence-electron chi connectivity index (χ2n) is 9.20. The Morgan fingerprint density at radius 3 is 2.16 bits per heavy atom. The van der Waals surface area contributed by atoms with Crippen molar-refractivity contribution in [3.8, 4) is 0 Å². The number of carboxylic acids is 1. The van der Waals surface area contributed by atoms with Crippen LogP contribution in [0.4, 0.5) is 13.2 Å². The van der Waals surface area contributed by atoms with Crippen molar-refractivity contribution in [3.05, 3.63) is 58.5 Å². The molecular formula is C26H32F3N3O6. The molecule has 3 rings (SSSR count). The van der Waals surface area contributed by atoms with E-state index in [9.17, 15) is 22.8 Å². The van der Waals surface area contributed by atoms with Crippen molar-refractivity contribution in [1.29, 1.82) is 0 Å². The van der Waals surface area contributed by atoms with Gasteiger partial charge in [0.15, 0.2) is 0 Å². The molecule has 1 aromatic carbocycles. The number of hydrogen-bond donors (Lipinski definition) is 4. The molecule has 9 nitrogen and oxygen atoms in total. The SMILES string of the molecule is CCOC(=O)c1c(CNCc2cc3ccccc3[nH]2)[nH]c(C(=O)OC(C)(C)C)c1CC.O=C(O)C(F)(F)F. The van der Waals surface area contributed by atoms with Crippen LogP contribution < -0.4 is 5.32 Å². The number of halogens is 3. The summed E-state index contributed by atoms with van der Waals surface area (Å²) in [6, 6.07) is 10.2. The molecule has 0 bridgehead atoms.